The highest BCUT2D eigenvalue weighted by atomic mass is 16.7. The van der Waals surface area contributed by atoms with E-state index >= 15 is 0 Å². The molecule has 2 heterocycles. The Kier molecular flexibility index (Phi) is 7.51. The van der Waals surface area contributed by atoms with Crippen LogP contribution in [-0.4, -0.2) is 37.7 Å². The predicted molar refractivity (Wildman–Crippen MR) is 144 cm³/mol. The SMILES string of the molecule is CCCOc1ccc([C@@H]2[C@@H]3C(=O)N(c4ccccc4OCC)C(=O)[C@H]3ON2c2ccccc2)cc1OCC. The van der Waals surface area contributed by atoms with Crippen LogP contribution >= 0.6 is 0 Å². The Morgan fingerprint density at radius 2 is 1.47 bits per heavy atom. The molecule has 3 aromatic rings. The highest BCUT2D eigenvalue weighted by Crippen LogP contribution is 2.49. The van der Waals surface area contributed by atoms with Crippen molar-refractivity contribution in [2.24, 2.45) is 5.92 Å². The summed E-state index contributed by atoms with van der Waals surface area (Å²) in [5, 5.41) is 1.68. The summed E-state index contributed by atoms with van der Waals surface area (Å²) in [4.78, 5) is 35.2. The van der Waals surface area contributed by atoms with Gasteiger partial charge in [-0.3, -0.25) is 14.4 Å². The van der Waals surface area contributed by atoms with Crippen molar-refractivity contribution in [3.05, 3.63) is 78.4 Å². The minimum Gasteiger partial charge on any atom is -0.492 e. The molecule has 0 aliphatic carbocycles. The van der Waals surface area contributed by atoms with Gasteiger partial charge in [0.05, 0.1) is 37.2 Å². The maximum Gasteiger partial charge on any atom is 0.266 e. The van der Waals surface area contributed by atoms with Crippen molar-refractivity contribution in [2.45, 2.75) is 39.3 Å². The lowest BCUT2D eigenvalue weighted by molar-refractivity contribution is -0.126. The van der Waals surface area contributed by atoms with Crippen LogP contribution < -0.4 is 24.2 Å². The first-order valence-corrected chi connectivity index (χ1v) is 13.1. The Morgan fingerprint density at radius 1 is 0.763 bits per heavy atom. The first kappa shape index (κ1) is 25.6. The molecule has 0 spiro atoms. The molecule has 0 bridgehead atoms. The van der Waals surface area contributed by atoms with Crippen LogP contribution in [0.15, 0.2) is 72.8 Å². The smallest absolute Gasteiger partial charge is 0.266 e. The van der Waals surface area contributed by atoms with E-state index in [0.717, 1.165) is 17.7 Å². The van der Waals surface area contributed by atoms with Gasteiger partial charge in [-0.25, -0.2) is 9.96 Å². The van der Waals surface area contributed by atoms with Gasteiger partial charge in [-0.05, 0) is 62.2 Å². The maximum atomic E-state index is 14.0. The summed E-state index contributed by atoms with van der Waals surface area (Å²) in [6, 6.07) is 21.6. The summed E-state index contributed by atoms with van der Waals surface area (Å²) >= 11 is 0. The van der Waals surface area contributed by atoms with E-state index in [2.05, 4.69) is 0 Å². The molecule has 198 valence electrons. The third kappa shape index (κ3) is 4.56. The van der Waals surface area contributed by atoms with Crippen molar-refractivity contribution >= 4 is 23.2 Å². The van der Waals surface area contributed by atoms with Crippen molar-refractivity contribution in [3.8, 4) is 17.2 Å². The summed E-state index contributed by atoms with van der Waals surface area (Å²) in [5.41, 5.74) is 1.96. The van der Waals surface area contributed by atoms with Gasteiger partial charge >= 0.3 is 0 Å². The third-order valence-corrected chi connectivity index (χ3v) is 6.60. The van der Waals surface area contributed by atoms with Gasteiger partial charge in [0.15, 0.2) is 17.6 Å². The summed E-state index contributed by atoms with van der Waals surface area (Å²) < 4.78 is 17.5. The zero-order chi connectivity index (χ0) is 26.6. The molecule has 0 saturated carbocycles. The number of hydrogen-bond acceptors (Lipinski definition) is 7. The molecule has 3 atom stereocenters. The minimum atomic E-state index is -0.978. The van der Waals surface area contributed by atoms with Crippen molar-refractivity contribution < 1.29 is 28.6 Å². The Labute approximate surface area is 222 Å². The highest BCUT2D eigenvalue weighted by Gasteiger charge is 2.60. The summed E-state index contributed by atoms with van der Waals surface area (Å²) in [5.74, 6) is 0.187. The first-order chi connectivity index (χ1) is 18.6. The molecule has 8 nitrogen and oxygen atoms in total. The lowest BCUT2D eigenvalue weighted by Crippen LogP contribution is -2.37. The molecule has 3 aromatic carbocycles. The molecule has 0 unspecified atom stereocenters. The Morgan fingerprint density at radius 3 is 2.21 bits per heavy atom. The number of hydroxylamine groups is 1. The zero-order valence-electron chi connectivity index (χ0n) is 21.8. The van der Waals surface area contributed by atoms with Gasteiger partial charge in [0, 0.05) is 0 Å². The summed E-state index contributed by atoms with van der Waals surface area (Å²) in [7, 11) is 0. The summed E-state index contributed by atoms with van der Waals surface area (Å²) in [6.45, 7) is 7.25. The van der Waals surface area contributed by atoms with Crippen LogP contribution in [0.25, 0.3) is 0 Å². The number of benzene rings is 3. The Hall–Kier alpha value is -4.04. The monoisotopic (exact) mass is 516 g/mol. The van der Waals surface area contributed by atoms with E-state index in [-0.39, 0.29) is 5.91 Å². The van der Waals surface area contributed by atoms with Gasteiger partial charge in [0.25, 0.3) is 5.91 Å². The van der Waals surface area contributed by atoms with Gasteiger partial charge in [0.1, 0.15) is 11.7 Å². The molecule has 38 heavy (non-hydrogen) atoms. The largest absolute Gasteiger partial charge is 0.492 e. The van der Waals surface area contributed by atoms with Crippen LogP contribution in [0.5, 0.6) is 17.2 Å². The van der Waals surface area contributed by atoms with Crippen LogP contribution in [0.4, 0.5) is 11.4 Å². The van der Waals surface area contributed by atoms with E-state index < -0.39 is 24.0 Å². The Balaban J connectivity index is 1.58. The lowest BCUT2D eigenvalue weighted by atomic mass is 9.90. The number of rotatable bonds is 10. The van der Waals surface area contributed by atoms with Gasteiger partial charge in [-0.15, -0.1) is 0 Å². The third-order valence-electron chi connectivity index (χ3n) is 6.60. The number of imide groups is 1. The van der Waals surface area contributed by atoms with Crippen LogP contribution in [0.1, 0.15) is 38.8 Å². The van der Waals surface area contributed by atoms with Gasteiger partial charge in [0.2, 0.25) is 5.91 Å². The maximum absolute atomic E-state index is 14.0. The lowest BCUT2D eigenvalue weighted by Gasteiger charge is -2.29. The summed E-state index contributed by atoms with van der Waals surface area (Å²) in [6.07, 6.45) is -0.112. The van der Waals surface area contributed by atoms with E-state index in [0.29, 0.717) is 42.8 Å². The molecule has 2 fully saturated rings. The number of amides is 2. The molecule has 8 heteroatoms. The van der Waals surface area contributed by atoms with E-state index in [9.17, 15) is 9.59 Å². The molecular weight excluding hydrogens is 484 g/mol. The number of hydrogen-bond donors (Lipinski definition) is 0. The first-order valence-electron chi connectivity index (χ1n) is 13.1. The zero-order valence-corrected chi connectivity index (χ0v) is 21.8. The molecule has 0 aromatic heterocycles. The number of para-hydroxylation sites is 3. The standard InChI is InChI=1S/C30H32N2O6/c1-4-18-37-24-17-16-20(19-25(24)36-6-3)27-26-28(38-32(27)21-12-8-7-9-13-21)30(34)31(29(26)33)22-14-10-11-15-23(22)35-5-2/h7-17,19,26-28H,4-6,18H2,1-3H3/t26-,27+,28-/m0/s1. The van der Waals surface area contributed by atoms with Crippen LogP contribution in [0, 0.1) is 5.92 Å². The number of ether oxygens (including phenoxy) is 3. The minimum absolute atomic E-state index is 0.333. The molecular formula is C30H32N2O6. The van der Waals surface area contributed by atoms with Gasteiger partial charge < -0.3 is 14.2 Å². The van der Waals surface area contributed by atoms with Crippen LogP contribution in [0.2, 0.25) is 0 Å². The predicted octanol–water partition coefficient (Wildman–Crippen LogP) is 5.32. The van der Waals surface area contributed by atoms with Gasteiger partial charge in [-0.1, -0.05) is 43.3 Å². The van der Waals surface area contributed by atoms with Crippen molar-refractivity contribution in [1.82, 2.24) is 0 Å². The number of fused-ring (bicyclic) bond motifs is 1. The second-order valence-electron chi connectivity index (χ2n) is 9.06. The van der Waals surface area contributed by atoms with Crippen molar-refractivity contribution in [1.29, 1.82) is 0 Å². The van der Waals surface area contributed by atoms with Gasteiger partial charge in [-0.2, -0.15) is 0 Å². The Bertz CT molecular complexity index is 1300. The molecule has 0 N–H and O–H groups in total. The molecule has 5 rings (SSSR count). The number of anilines is 2. The fourth-order valence-corrected chi connectivity index (χ4v) is 5.02. The molecule has 2 amide bonds. The highest BCUT2D eigenvalue weighted by molar-refractivity contribution is 6.24. The quantitative estimate of drug-likeness (QED) is 0.337. The van der Waals surface area contributed by atoms with E-state index in [1.54, 1.807) is 23.3 Å². The topological polar surface area (TPSA) is 77.5 Å². The second-order valence-corrected chi connectivity index (χ2v) is 9.06. The number of carbonyl (C=O) groups excluding carboxylic acids is 2. The van der Waals surface area contributed by atoms with Crippen molar-refractivity contribution in [2.75, 3.05) is 29.8 Å². The van der Waals surface area contributed by atoms with E-state index in [4.69, 9.17) is 19.0 Å². The van der Waals surface area contributed by atoms with E-state index in [1.165, 1.54) is 4.90 Å². The second kappa shape index (κ2) is 11.1. The molecule has 2 saturated heterocycles. The number of nitrogens with zero attached hydrogens (tertiary/aromatic N) is 2. The fourth-order valence-electron chi connectivity index (χ4n) is 5.02. The van der Waals surface area contributed by atoms with Crippen molar-refractivity contribution in [3.63, 3.8) is 0 Å². The van der Waals surface area contributed by atoms with Crippen LogP contribution in [0.3, 0.4) is 0 Å². The average Bonchev–Trinajstić information content (AvgIpc) is 3.45. The van der Waals surface area contributed by atoms with E-state index in [1.807, 2.05) is 75.4 Å². The molecule has 2 aliphatic rings. The average molecular weight is 517 g/mol. The fraction of sp³-hybridized carbons (Fsp3) is 0.333. The number of carbonyl (C=O) groups is 2. The van der Waals surface area contributed by atoms with Crippen LogP contribution in [-0.2, 0) is 14.4 Å². The normalized spacial score (nSPS) is 20.6. The molecule has 2 aliphatic heterocycles. The molecule has 0 radical (unpaired) electrons.